The molecule has 2 aromatic heterocycles. The molecule has 0 aliphatic carbocycles. The molecule has 0 radical (unpaired) electrons. The van der Waals surface area contributed by atoms with Crippen molar-refractivity contribution in [3.63, 3.8) is 0 Å². The van der Waals surface area contributed by atoms with E-state index < -0.39 is 12.2 Å². The molecule has 0 fully saturated rings. The summed E-state index contributed by atoms with van der Waals surface area (Å²) in [5.41, 5.74) is 5.94. The number of aromatic nitrogens is 4. The first kappa shape index (κ1) is 49.0. The van der Waals surface area contributed by atoms with Gasteiger partial charge in [0, 0.05) is 87.8 Å². The lowest BCUT2D eigenvalue weighted by atomic mass is 10.2. The Morgan fingerprint density at radius 3 is 1.59 bits per heavy atom. The molecule has 0 bridgehead atoms. The van der Waals surface area contributed by atoms with Gasteiger partial charge in [-0.3, -0.25) is 9.59 Å². The summed E-state index contributed by atoms with van der Waals surface area (Å²) in [4.78, 5) is 32.5. The minimum atomic E-state index is -0.629. The van der Waals surface area contributed by atoms with E-state index in [1.807, 2.05) is 73.5 Å². The van der Waals surface area contributed by atoms with Crippen LogP contribution in [0.15, 0.2) is 36.4 Å². The fraction of sp³-hybridized carbons (Fsp3) is 0.579. The van der Waals surface area contributed by atoms with Crippen molar-refractivity contribution in [2.24, 2.45) is 14.1 Å². The number of alkyl halides is 4. The minimum absolute atomic E-state index is 0.0448. The van der Waals surface area contributed by atoms with Gasteiger partial charge in [-0.2, -0.15) is 0 Å². The molecule has 16 heteroatoms. The van der Waals surface area contributed by atoms with Crippen LogP contribution in [-0.4, -0.2) is 103 Å². The van der Waals surface area contributed by atoms with E-state index in [1.54, 1.807) is 13.8 Å². The van der Waals surface area contributed by atoms with Gasteiger partial charge >= 0.3 is 11.9 Å². The molecule has 2 atom stereocenters. The standard InChI is InChI=1S/2C17H24ClN3O3.2C2H5Cl/c1-12(22)11-24-17(23)5-3-4-16-20-14-10-13(19-9-8-18)6-7-15(14)21(16)2;1-12(11-22)24-17(23)5-3-4-16-20-14-10-13(19-9-8-18)6-7-15(14)21(16)2;2*1-2-3/h2*6-7,10,12,19,22H,3-5,8-9,11H2,1-2H3;2*2H2,1H3. The number of ether oxygens (including phenoxy) is 2. The number of halogens is 4. The first-order valence-electron chi connectivity index (χ1n) is 18.2. The van der Waals surface area contributed by atoms with E-state index in [2.05, 4.69) is 20.6 Å². The Balaban J connectivity index is 0.000000471. The van der Waals surface area contributed by atoms with E-state index in [4.69, 9.17) is 66.1 Å². The number of rotatable bonds is 18. The van der Waals surface area contributed by atoms with Gasteiger partial charge in [0.05, 0.1) is 34.8 Å². The summed E-state index contributed by atoms with van der Waals surface area (Å²) in [6.07, 6.45) is 2.26. The summed E-state index contributed by atoms with van der Waals surface area (Å²) >= 11 is 21.4. The third-order valence-corrected chi connectivity index (χ3v) is 7.81. The maximum absolute atomic E-state index is 11.6. The van der Waals surface area contributed by atoms with Gasteiger partial charge in [0.1, 0.15) is 24.4 Å². The van der Waals surface area contributed by atoms with Crippen molar-refractivity contribution in [3.05, 3.63) is 48.0 Å². The molecule has 304 valence electrons. The van der Waals surface area contributed by atoms with Crippen LogP contribution in [0.3, 0.4) is 0 Å². The number of hydrogen-bond acceptors (Lipinski definition) is 10. The van der Waals surface area contributed by atoms with E-state index in [0.29, 0.717) is 63.4 Å². The summed E-state index contributed by atoms with van der Waals surface area (Å²) in [7, 11) is 3.95. The molecule has 0 aliphatic rings. The molecule has 4 aromatic rings. The summed E-state index contributed by atoms with van der Waals surface area (Å²) in [6.45, 7) is 8.34. The van der Waals surface area contributed by atoms with Crippen molar-refractivity contribution >= 4 is 91.8 Å². The number of esters is 2. The van der Waals surface area contributed by atoms with Gasteiger partial charge in [-0.15, -0.1) is 46.4 Å². The zero-order valence-electron chi connectivity index (χ0n) is 32.3. The van der Waals surface area contributed by atoms with Crippen LogP contribution in [0.25, 0.3) is 22.1 Å². The van der Waals surface area contributed by atoms with E-state index in [0.717, 1.165) is 56.9 Å². The molecule has 0 amide bonds. The second-order valence-corrected chi connectivity index (χ2v) is 13.9. The van der Waals surface area contributed by atoms with Crippen LogP contribution in [0.4, 0.5) is 11.4 Å². The van der Waals surface area contributed by atoms with Crippen LogP contribution in [0, 0.1) is 0 Å². The number of carbonyl (C=O) groups excluding carboxylic acids is 2. The molecule has 12 nitrogen and oxygen atoms in total. The van der Waals surface area contributed by atoms with Gasteiger partial charge in [-0.1, -0.05) is 13.8 Å². The highest BCUT2D eigenvalue weighted by molar-refractivity contribution is 6.18. The Bertz CT molecular complexity index is 1650. The zero-order valence-corrected chi connectivity index (χ0v) is 35.4. The van der Waals surface area contributed by atoms with Gasteiger partial charge < -0.3 is 39.5 Å². The number of nitrogens with zero attached hydrogens (tertiary/aromatic N) is 4. The molecule has 0 spiro atoms. The predicted octanol–water partition coefficient (Wildman–Crippen LogP) is 7.43. The molecular weight excluding hydrogens is 778 g/mol. The second kappa shape index (κ2) is 28.4. The second-order valence-electron chi connectivity index (χ2n) is 12.1. The number of anilines is 2. The lowest BCUT2D eigenvalue weighted by molar-refractivity contribution is -0.150. The van der Waals surface area contributed by atoms with Gasteiger partial charge in [0.15, 0.2) is 0 Å². The minimum Gasteiger partial charge on any atom is -0.463 e. The molecule has 0 aliphatic heterocycles. The molecule has 0 saturated heterocycles. The molecule has 0 saturated carbocycles. The Morgan fingerprint density at radius 2 is 1.20 bits per heavy atom. The normalized spacial score (nSPS) is 11.6. The largest absolute Gasteiger partial charge is 0.463 e. The lowest BCUT2D eigenvalue weighted by Gasteiger charge is -2.09. The van der Waals surface area contributed by atoms with Crippen LogP contribution < -0.4 is 10.6 Å². The van der Waals surface area contributed by atoms with Crippen LogP contribution >= 0.6 is 46.4 Å². The quantitative estimate of drug-likeness (QED) is 0.0588. The number of aliphatic hydroxyl groups excluding tert-OH is 2. The van der Waals surface area contributed by atoms with E-state index in [1.165, 1.54) is 0 Å². The highest BCUT2D eigenvalue weighted by Gasteiger charge is 2.13. The van der Waals surface area contributed by atoms with Gasteiger partial charge in [0.25, 0.3) is 0 Å². The number of nitrogens with one attached hydrogen (secondary N) is 2. The summed E-state index contributed by atoms with van der Waals surface area (Å²) in [6, 6.07) is 12.1. The van der Waals surface area contributed by atoms with Gasteiger partial charge in [0.2, 0.25) is 0 Å². The van der Waals surface area contributed by atoms with Crippen molar-refractivity contribution in [1.82, 2.24) is 19.1 Å². The van der Waals surface area contributed by atoms with Gasteiger partial charge in [-0.25, -0.2) is 9.97 Å². The van der Waals surface area contributed by atoms with E-state index >= 15 is 0 Å². The number of aliphatic hydroxyl groups is 2. The molecule has 2 aromatic carbocycles. The highest BCUT2D eigenvalue weighted by Crippen LogP contribution is 2.22. The maximum Gasteiger partial charge on any atom is 0.306 e. The number of carbonyl (C=O) groups is 2. The summed E-state index contributed by atoms with van der Waals surface area (Å²) < 4.78 is 14.1. The number of fused-ring (bicyclic) bond motifs is 2. The molecular formula is C38H58Cl4N6O6. The number of aryl methyl sites for hydroxylation is 4. The van der Waals surface area contributed by atoms with Crippen LogP contribution in [0.1, 0.15) is 65.0 Å². The van der Waals surface area contributed by atoms with Crippen LogP contribution in [-0.2, 0) is 46.0 Å². The summed E-state index contributed by atoms with van der Waals surface area (Å²) in [5.74, 6) is 3.84. The van der Waals surface area contributed by atoms with Crippen LogP contribution in [0.5, 0.6) is 0 Å². The lowest BCUT2D eigenvalue weighted by Crippen LogP contribution is -2.18. The fourth-order valence-electron chi connectivity index (χ4n) is 4.94. The van der Waals surface area contributed by atoms with E-state index in [9.17, 15) is 9.59 Å². The van der Waals surface area contributed by atoms with Crippen molar-refractivity contribution in [2.45, 2.75) is 78.4 Å². The van der Waals surface area contributed by atoms with Crippen molar-refractivity contribution in [1.29, 1.82) is 0 Å². The van der Waals surface area contributed by atoms with Crippen molar-refractivity contribution < 1.29 is 29.3 Å². The smallest absolute Gasteiger partial charge is 0.306 e. The third-order valence-electron chi connectivity index (χ3n) is 7.43. The number of benzene rings is 2. The monoisotopic (exact) mass is 834 g/mol. The third kappa shape index (κ3) is 18.6. The topological polar surface area (TPSA) is 153 Å². The molecule has 2 heterocycles. The molecule has 4 N–H and O–H groups in total. The summed E-state index contributed by atoms with van der Waals surface area (Å²) in [5, 5.41) is 24.4. The zero-order chi connectivity index (χ0) is 40.5. The van der Waals surface area contributed by atoms with Gasteiger partial charge in [-0.05, 0) is 63.1 Å². The first-order valence-corrected chi connectivity index (χ1v) is 20.3. The molecule has 2 unspecified atom stereocenters. The maximum atomic E-state index is 11.6. The molecule has 54 heavy (non-hydrogen) atoms. The number of hydrogen-bond donors (Lipinski definition) is 4. The van der Waals surface area contributed by atoms with E-state index in [-0.39, 0.29) is 25.2 Å². The average molecular weight is 837 g/mol. The fourth-order valence-corrected chi connectivity index (χ4v) is 5.13. The highest BCUT2D eigenvalue weighted by atomic mass is 35.5. The molecule has 4 rings (SSSR count). The Hall–Kier alpha value is -3.00. The van der Waals surface area contributed by atoms with Crippen LogP contribution in [0.2, 0.25) is 0 Å². The van der Waals surface area contributed by atoms with Crippen molar-refractivity contribution in [3.8, 4) is 0 Å². The Morgan fingerprint density at radius 1 is 0.778 bits per heavy atom. The first-order chi connectivity index (χ1) is 25.9. The Kier molecular flexibility index (Phi) is 25.8. The SMILES string of the molecule is CC(CO)OC(=O)CCCc1nc2cc(NCCCl)ccc2n1C.CC(O)COC(=O)CCCc1nc2cc(NCCCl)ccc2n1C.CCCl.CCCl. The number of imidazole rings is 2. The predicted molar refractivity (Wildman–Crippen MR) is 224 cm³/mol. The van der Waals surface area contributed by atoms with Crippen molar-refractivity contribution in [2.75, 3.05) is 60.5 Å². The average Bonchev–Trinajstić information content (AvgIpc) is 3.63. The Labute approximate surface area is 339 Å².